The van der Waals surface area contributed by atoms with Gasteiger partial charge in [-0.3, -0.25) is 14.2 Å². The van der Waals surface area contributed by atoms with Gasteiger partial charge in [-0.15, -0.1) is 0 Å². The molecule has 26 heavy (non-hydrogen) atoms. The summed E-state index contributed by atoms with van der Waals surface area (Å²) in [6.07, 6.45) is 0. The average molecular weight is 390 g/mol. The van der Waals surface area contributed by atoms with E-state index in [1.54, 1.807) is 36.4 Å². The molecule has 0 fully saturated rings. The molecule has 6 nitrogen and oxygen atoms in total. The molecule has 3 rings (SSSR count). The van der Waals surface area contributed by atoms with E-state index in [1.807, 2.05) is 6.92 Å². The fourth-order valence-corrected chi connectivity index (χ4v) is 3.44. The van der Waals surface area contributed by atoms with Gasteiger partial charge >= 0.3 is 0 Å². The molecule has 0 saturated heterocycles. The topological polar surface area (TPSA) is 87.2 Å². The van der Waals surface area contributed by atoms with E-state index in [0.29, 0.717) is 32.5 Å². The number of hydrogen-bond donors (Lipinski definition) is 1. The first-order chi connectivity index (χ1) is 12.4. The van der Waals surface area contributed by atoms with Gasteiger partial charge in [-0.25, -0.2) is 4.98 Å². The van der Waals surface area contributed by atoms with Crippen molar-refractivity contribution in [3.8, 4) is 11.4 Å². The van der Waals surface area contributed by atoms with Crippen molar-refractivity contribution >= 4 is 40.2 Å². The maximum atomic E-state index is 13.2. The number of amides is 1. The second-order valence-electron chi connectivity index (χ2n) is 5.58. The molecule has 0 atom stereocenters. The molecule has 2 N–H and O–H groups in total. The lowest BCUT2D eigenvalue weighted by molar-refractivity contribution is -0.115. The van der Waals surface area contributed by atoms with Crippen LogP contribution in [0, 0.1) is 6.92 Å². The molecule has 1 amide bonds. The molecular formula is C18H16ClN3O3S. The Bertz CT molecular complexity index is 1070. The van der Waals surface area contributed by atoms with Gasteiger partial charge in [-0.1, -0.05) is 35.5 Å². The Labute approximate surface area is 158 Å². The van der Waals surface area contributed by atoms with E-state index in [1.165, 1.54) is 11.7 Å². The van der Waals surface area contributed by atoms with Crippen LogP contribution < -0.4 is 16.0 Å². The minimum absolute atomic E-state index is 0.000330. The Kier molecular flexibility index (Phi) is 5.20. The lowest BCUT2D eigenvalue weighted by atomic mass is 10.2. The molecule has 2 aromatic carbocycles. The molecule has 0 unspecified atom stereocenters. The molecule has 0 bridgehead atoms. The first kappa shape index (κ1) is 18.3. The highest BCUT2D eigenvalue weighted by atomic mass is 35.5. The monoisotopic (exact) mass is 389 g/mol. The Morgan fingerprint density at radius 2 is 2.08 bits per heavy atom. The third kappa shape index (κ3) is 3.40. The number of carbonyl (C=O) groups excluding carboxylic acids is 1. The number of ether oxygens (including phenoxy) is 1. The van der Waals surface area contributed by atoms with Crippen molar-refractivity contribution in [2.45, 2.75) is 12.1 Å². The molecule has 0 aliphatic rings. The molecule has 1 heterocycles. The Morgan fingerprint density at radius 3 is 2.77 bits per heavy atom. The predicted octanol–water partition coefficient (Wildman–Crippen LogP) is 2.93. The molecule has 0 saturated carbocycles. The Balaban J connectivity index is 2.35. The summed E-state index contributed by atoms with van der Waals surface area (Å²) in [5, 5.41) is 1.34. The van der Waals surface area contributed by atoms with Crippen molar-refractivity contribution in [3.63, 3.8) is 0 Å². The van der Waals surface area contributed by atoms with Gasteiger partial charge in [0.25, 0.3) is 5.56 Å². The van der Waals surface area contributed by atoms with Gasteiger partial charge in [-0.2, -0.15) is 0 Å². The number of benzene rings is 2. The van der Waals surface area contributed by atoms with Gasteiger partial charge in [0.05, 0.1) is 29.5 Å². The first-order valence-corrected chi connectivity index (χ1v) is 9.06. The van der Waals surface area contributed by atoms with Gasteiger partial charge in [0.15, 0.2) is 5.16 Å². The van der Waals surface area contributed by atoms with Crippen LogP contribution in [0.25, 0.3) is 16.6 Å². The number of methoxy groups -OCH3 is 1. The number of carbonyl (C=O) groups is 1. The van der Waals surface area contributed by atoms with Crippen LogP contribution in [0.4, 0.5) is 0 Å². The summed E-state index contributed by atoms with van der Waals surface area (Å²) in [7, 11) is 1.50. The van der Waals surface area contributed by atoms with E-state index in [4.69, 9.17) is 22.1 Å². The van der Waals surface area contributed by atoms with Gasteiger partial charge in [-0.05, 0) is 30.7 Å². The summed E-state index contributed by atoms with van der Waals surface area (Å²) in [6.45, 7) is 1.83. The molecular weight excluding hydrogens is 374 g/mol. The minimum atomic E-state index is -0.497. The number of fused-ring (bicyclic) bond motifs is 1. The molecule has 1 aromatic heterocycles. The summed E-state index contributed by atoms with van der Waals surface area (Å²) >= 11 is 7.28. The standard InChI is InChI=1S/C18H16ClN3O3S/c1-10-7-14(15(25-2)8-12(10)19)22-17(24)11-5-3-4-6-13(11)21-18(22)26-9-16(20)23/h3-8H,9H2,1-2H3,(H2,20,23). The van der Waals surface area contributed by atoms with Gasteiger partial charge in [0, 0.05) is 11.1 Å². The summed E-state index contributed by atoms with van der Waals surface area (Å²) < 4.78 is 6.84. The molecule has 0 spiro atoms. The molecule has 0 aliphatic heterocycles. The number of nitrogens with two attached hydrogens (primary N) is 1. The van der Waals surface area contributed by atoms with E-state index in [2.05, 4.69) is 4.98 Å². The molecule has 0 radical (unpaired) electrons. The number of para-hydroxylation sites is 1. The number of thioether (sulfide) groups is 1. The third-order valence-electron chi connectivity index (χ3n) is 3.79. The van der Waals surface area contributed by atoms with Crippen LogP contribution in [-0.2, 0) is 4.79 Å². The van der Waals surface area contributed by atoms with E-state index >= 15 is 0 Å². The fourth-order valence-electron chi connectivity index (χ4n) is 2.54. The van der Waals surface area contributed by atoms with Gasteiger partial charge < -0.3 is 10.5 Å². The van der Waals surface area contributed by atoms with E-state index in [9.17, 15) is 9.59 Å². The number of rotatable bonds is 5. The van der Waals surface area contributed by atoms with E-state index < -0.39 is 5.91 Å². The van der Waals surface area contributed by atoms with Crippen LogP contribution in [0.2, 0.25) is 5.02 Å². The van der Waals surface area contributed by atoms with Crippen LogP contribution in [0.3, 0.4) is 0 Å². The maximum Gasteiger partial charge on any atom is 0.266 e. The third-order valence-corrected chi connectivity index (χ3v) is 5.16. The number of nitrogens with zero attached hydrogens (tertiary/aromatic N) is 2. The van der Waals surface area contributed by atoms with Crippen LogP contribution in [-0.4, -0.2) is 28.3 Å². The molecule has 3 aromatic rings. The number of primary amides is 1. The fraction of sp³-hybridized carbons (Fsp3) is 0.167. The van der Waals surface area contributed by atoms with Crippen molar-refractivity contribution in [2.75, 3.05) is 12.9 Å². The summed E-state index contributed by atoms with van der Waals surface area (Å²) in [4.78, 5) is 28.9. The zero-order valence-electron chi connectivity index (χ0n) is 14.2. The minimum Gasteiger partial charge on any atom is -0.495 e. The highest BCUT2D eigenvalue weighted by Gasteiger charge is 2.18. The first-order valence-electron chi connectivity index (χ1n) is 7.69. The number of hydrogen-bond acceptors (Lipinski definition) is 5. The van der Waals surface area contributed by atoms with Crippen molar-refractivity contribution < 1.29 is 9.53 Å². The Hall–Kier alpha value is -2.51. The van der Waals surface area contributed by atoms with Crippen LogP contribution >= 0.6 is 23.4 Å². The van der Waals surface area contributed by atoms with Crippen molar-refractivity contribution in [1.29, 1.82) is 0 Å². The quantitative estimate of drug-likeness (QED) is 0.535. The lowest BCUT2D eigenvalue weighted by Gasteiger charge is -2.16. The zero-order chi connectivity index (χ0) is 18.8. The van der Waals surface area contributed by atoms with E-state index in [0.717, 1.165) is 17.3 Å². The highest BCUT2D eigenvalue weighted by molar-refractivity contribution is 7.99. The van der Waals surface area contributed by atoms with Gasteiger partial charge in [0.1, 0.15) is 5.75 Å². The number of aromatic nitrogens is 2. The van der Waals surface area contributed by atoms with Crippen LogP contribution in [0.5, 0.6) is 5.75 Å². The second kappa shape index (κ2) is 7.39. The molecule has 134 valence electrons. The summed E-state index contributed by atoms with van der Waals surface area (Å²) in [5.41, 5.74) is 6.84. The molecule has 8 heteroatoms. The van der Waals surface area contributed by atoms with E-state index in [-0.39, 0.29) is 11.3 Å². The largest absolute Gasteiger partial charge is 0.495 e. The predicted molar refractivity (Wildman–Crippen MR) is 104 cm³/mol. The SMILES string of the molecule is COc1cc(Cl)c(C)cc1-n1c(SCC(N)=O)nc2ccccc2c1=O. The van der Waals surface area contributed by atoms with Crippen molar-refractivity contribution in [2.24, 2.45) is 5.73 Å². The zero-order valence-corrected chi connectivity index (χ0v) is 15.7. The summed E-state index contributed by atoms with van der Waals surface area (Å²) in [6, 6.07) is 10.4. The summed E-state index contributed by atoms with van der Waals surface area (Å²) in [5.74, 6) is -0.0661. The van der Waals surface area contributed by atoms with Gasteiger partial charge in [0.2, 0.25) is 5.91 Å². The number of aryl methyl sites for hydroxylation is 1. The lowest BCUT2D eigenvalue weighted by Crippen LogP contribution is -2.23. The second-order valence-corrected chi connectivity index (χ2v) is 6.93. The molecule has 0 aliphatic carbocycles. The highest BCUT2D eigenvalue weighted by Crippen LogP contribution is 2.31. The average Bonchev–Trinajstić information content (AvgIpc) is 2.62. The van der Waals surface area contributed by atoms with Crippen LogP contribution in [0.1, 0.15) is 5.56 Å². The normalized spacial score (nSPS) is 10.9. The van der Waals surface area contributed by atoms with Crippen molar-refractivity contribution in [1.82, 2.24) is 9.55 Å². The Morgan fingerprint density at radius 1 is 1.35 bits per heavy atom. The smallest absolute Gasteiger partial charge is 0.266 e. The maximum absolute atomic E-state index is 13.2. The van der Waals surface area contributed by atoms with Crippen molar-refractivity contribution in [3.05, 3.63) is 57.3 Å². The number of halogens is 1. The van der Waals surface area contributed by atoms with Crippen LogP contribution in [0.15, 0.2) is 46.3 Å².